The first kappa shape index (κ1) is 19.6. The molecule has 5 fully saturated rings. The highest BCUT2D eigenvalue weighted by Gasteiger charge is 2.76. The topological polar surface area (TPSA) is 46.2 Å². The van der Waals surface area contributed by atoms with Gasteiger partial charge in [-0.2, -0.15) is 13.2 Å². The van der Waals surface area contributed by atoms with E-state index in [0.717, 1.165) is 12.8 Å². The van der Waals surface area contributed by atoms with Crippen LogP contribution in [0.25, 0.3) is 0 Å². The van der Waals surface area contributed by atoms with Gasteiger partial charge in [0, 0.05) is 12.3 Å². The van der Waals surface area contributed by atoms with E-state index in [0.29, 0.717) is 12.8 Å². The molecule has 0 radical (unpaired) electrons. The predicted octanol–water partition coefficient (Wildman–Crippen LogP) is 4.47. The Morgan fingerprint density at radius 2 is 1.85 bits per heavy atom. The van der Waals surface area contributed by atoms with Gasteiger partial charge >= 0.3 is 6.18 Å². The summed E-state index contributed by atoms with van der Waals surface area (Å²) in [6, 6.07) is 0. The zero-order chi connectivity index (χ0) is 19.8. The van der Waals surface area contributed by atoms with Gasteiger partial charge in [-0.15, -0.1) is 0 Å². The molecule has 5 nitrogen and oxygen atoms in total. The summed E-state index contributed by atoms with van der Waals surface area (Å²) in [5.41, 5.74) is -1.30. The summed E-state index contributed by atoms with van der Waals surface area (Å²) in [6.45, 7) is 10.7. The molecule has 1 unspecified atom stereocenters. The fourth-order valence-corrected chi connectivity index (χ4v) is 5.35. The van der Waals surface area contributed by atoms with Crippen LogP contribution in [-0.2, 0) is 24.0 Å². The molecule has 4 heterocycles. The maximum atomic E-state index is 14.3. The van der Waals surface area contributed by atoms with Crippen LogP contribution < -0.4 is 0 Å². The van der Waals surface area contributed by atoms with Gasteiger partial charge in [0.1, 0.15) is 0 Å². The van der Waals surface area contributed by atoms with Crippen molar-refractivity contribution >= 4 is 0 Å². The summed E-state index contributed by atoms with van der Waals surface area (Å²) < 4.78 is 59.8. The van der Waals surface area contributed by atoms with Gasteiger partial charge in [0.05, 0.1) is 6.10 Å². The van der Waals surface area contributed by atoms with Crippen LogP contribution >= 0.6 is 0 Å². The van der Waals surface area contributed by atoms with E-state index in [1.807, 2.05) is 0 Å². The number of alkyl halides is 3. The minimum Gasteiger partial charge on any atom is -0.336 e. The van der Waals surface area contributed by atoms with Crippen LogP contribution in [0, 0.1) is 17.8 Å². The van der Waals surface area contributed by atoms with Crippen LogP contribution in [0.1, 0.15) is 53.4 Å². The van der Waals surface area contributed by atoms with E-state index in [-0.39, 0.29) is 17.4 Å². The lowest BCUT2D eigenvalue weighted by molar-refractivity contribution is -0.583. The standard InChI is InChI=1S/C19H27F3O5/c1-10(2)23-18(19(20,21)22)12(4)14-7-6-11(3)13-8-9-16(5)24-15(25-18)17(13,14)27-26-16/h10-11,13-15H,4,6-9H2,1-3,5H3/t11-,13?,14+,15+,16+,17-,18-/m1/s1. The van der Waals surface area contributed by atoms with E-state index < -0.39 is 41.7 Å². The molecule has 8 heteroatoms. The van der Waals surface area contributed by atoms with Gasteiger partial charge in [0.2, 0.25) is 5.79 Å². The van der Waals surface area contributed by atoms with Gasteiger partial charge in [0.15, 0.2) is 11.9 Å². The van der Waals surface area contributed by atoms with Crippen molar-refractivity contribution in [2.24, 2.45) is 17.8 Å². The van der Waals surface area contributed by atoms with Crippen molar-refractivity contribution in [2.75, 3.05) is 0 Å². The molecule has 0 aromatic heterocycles. The number of fused-ring (bicyclic) bond motifs is 2. The van der Waals surface area contributed by atoms with Gasteiger partial charge in [-0.25, -0.2) is 9.78 Å². The maximum absolute atomic E-state index is 14.3. The first-order chi connectivity index (χ1) is 12.5. The molecule has 154 valence electrons. The van der Waals surface area contributed by atoms with E-state index >= 15 is 0 Å². The van der Waals surface area contributed by atoms with Crippen LogP contribution in [0.4, 0.5) is 13.2 Å². The number of hydrogen-bond donors (Lipinski definition) is 0. The first-order valence-electron chi connectivity index (χ1n) is 9.61. The quantitative estimate of drug-likeness (QED) is 0.513. The van der Waals surface area contributed by atoms with E-state index in [1.54, 1.807) is 20.8 Å². The molecule has 0 amide bonds. The Hall–Kier alpha value is -0.670. The summed E-state index contributed by atoms with van der Waals surface area (Å²) in [6.07, 6.45) is -4.25. The SMILES string of the molecule is C=C1[C@@H]2CC[C@@H](C)C3CC[C@]4(C)OO[C@]32[C@@H](O4)O[C@@]1(OC(C)C)C(F)(F)F. The fourth-order valence-electron chi connectivity index (χ4n) is 5.35. The minimum atomic E-state index is -4.80. The van der Waals surface area contributed by atoms with Crippen molar-refractivity contribution in [1.82, 2.24) is 0 Å². The number of rotatable bonds is 2. The molecular formula is C19H27F3O5. The van der Waals surface area contributed by atoms with Crippen molar-refractivity contribution in [3.05, 3.63) is 12.2 Å². The number of halogens is 3. The molecule has 1 spiro atoms. The molecule has 5 aliphatic rings. The largest absolute Gasteiger partial charge is 0.447 e. The molecule has 1 aliphatic carbocycles. The van der Waals surface area contributed by atoms with Gasteiger partial charge in [-0.3, -0.25) is 0 Å². The Bertz CT molecular complexity index is 637. The van der Waals surface area contributed by atoms with Crippen LogP contribution in [0.3, 0.4) is 0 Å². The van der Waals surface area contributed by atoms with Crippen LogP contribution in [0.2, 0.25) is 0 Å². The lowest BCUT2D eigenvalue weighted by Gasteiger charge is -2.61. The third-order valence-corrected chi connectivity index (χ3v) is 6.61. The summed E-state index contributed by atoms with van der Waals surface area (Å²) in [4.78, 5) is 11.4. The summed E-state index contributed by atoms with van der Waals surface area (Å²) in [5, 5.41) is 0. The highest BCUT2D eigenvalue weighted by Crippen LogP contribution is 2.64. The third-order valence-electron chi connectivity index (χ3n) is 6.61. The Morgan fingerprint density at radius 3 is 2.48 bits per heavy atom. The number of ether oxygens (including phenoxy) is 3. The monoisotopic (exact) mass is 392 g/mol. The molecule has 27 heavy (non-hydrogen) atoms. The minimum absolute atomic E-state index is 0.0485. The van der Waals surface area contributed by atoms with E-state index in [1.165, 1.54) is 0 Å². The molecule has 1 saturated carbocycles. The van der Waals surface area contributed by atoms with Gasteiger partial charge in [-0.05, 0) is 57.4 Å². The molecule has 2 bridgehead atoms. The Labute approximate surface area is 157 Å². The molecule has 0 aromatic rings. The first-order valence-corrected chi connectivity index (χ1v) is 9.61. The highest BCUT2D eigenvalue weighted by molar-refractivity contribution is 5.28. The Balaban J connectivity index is 1.86. The molecule has 4 saturated heterocycles. The molecule has 0 aromatic carbocycles. The lowest BCUT2D eigenvalue weighted by Crippen LogP contribution is -2.74. The molecule has 5 rings (SSSR count). The van der Waals surface area contributed by atoms with E-state index in [9.17, 15) is 13.2 Å². The summed E-state index contributed by atoms with van der Waals surface area (Å²) in [7, 11) is 0. The predicted molar refractivity (Wildman–Crippen MR) is 88.0 cm³/mol. The zero-order valence-corrected chi connectivity index (χ0v) is 16.1. The average Bonchev–Trinajstić information content (AvgIpc) is 2.77. The fraction of sp³-hybridized carbons (Fsp3) is 0.895. The smallest absolute Gasteiger partial charge is 0.336 e. The van der Waals surface area contributed by atoms with Gasteiger partial charge in [0.25, 0.3) is 5.79 Å². The average molecular weight is 392 g/mol. The van der Waals surface area contributed by atoms with Crippen molar-refractivity contribution in [1.29, 1.82) is 0 Å². The highest BCUT2D eigenvalue weighted by atomic mass is 19.4. The second kappa shape index (κ2) is 5.92. The molecular weight excluding hydrogens is 365 g/mol. The number of hydrogen-bond acceptors (Lipinski definition) is 5. The van der Waals surface area contributed by atoms with Crippen LogP contribution in [-0.4, -0.2) is 35.7 Å². The zero-order valence-electron chi connectivity index (χ0n) is 16.1. The lowest BCUT2D eigenvalue weighted by atomic mass is 9.58. The van der Waals surface area contributed by atoms with Crippen LogP contribution in [0.5, 0.6) is 0 Å². The maximum Gasteiger partial charge on any atom is 0.447 e. The van der Waals surface area contributed by atoms with Gasteiger partial charge < -0.3 is 14.2 Å². The molecule has 0 N–H and O–H groups in total. The second-order valence-electron chi connectivity index (χ2n) is 8.78. The molecule has 4 aliphatic heterocycles. The Kier molecular flexibility index (Phi) is 4.31. The van der Waals surface area contributed by atoms with Crippen molar-refractivity contribution in [3.8, 4) is 0 Å². The summed E-state index contributed by atoms with van der Waals surface area (Å²) >= 11 is 0. The second-order valence-corrected chi connectivity index (χ2v) is 8.78. The van der Waals surface area contributed by atoms with Crippen molar-refractivity contribution in [2.45, 2.75) is 89.1 Å². The Morgan fingerprint density at radius 1 is 1.15 bits per heavy atom. The summed E-state index contributed by atoms with van der Waals surface area (Å²) in [5.74, 6) is -4.51. The van der Waals surface area contributed by atoms with E-state index in [4.69, 9.17) is 24.0 Å². The van der Waals surface area contributed by atoms with E-state index in [2.05, 4.69) is 13.5 Å². The van der Waals surface area contributed by atoms with Crippen molar-refractivity contribution in [3.63, 3.8) is 0 Å². The normalized spacial score (nSPS) is 49.9. The molecule has 7 atom stereocenters. The van der Waals surface area contributed by atoms with Crippen LogP contribution in [0.15, 0.2) is 12.2 Å². The van der Waals surface area contributed by atoms with Gasteiger partial charge in [-0.1, -0.05) is 13.5 Å². The third kappa shape index (κ3) is 2.56. The van der Waals surface area contributed by atoms with Crippen molar-refractivity contribution < 1.29 is 37.2 Å².